The first-order chi connectivity index (χ1) is 7.00. The number of carboxylic acids is 1. The van der Waals surface area contributed by atoms with Gasteiger partial charge in [-0.05, 0) is 18.2 Å². The molecule has 5 heteroatoms. The summed E-state index contributed by atoms with van der Waals surface area (Å²) >= 11 is 1.92. The highest BCUT2D eigenvalue weighted by Gasteiger charge is 2.37. The van der Waals surface area contributed by atoms with E-state index in [1.165, 1.54) is 0 Å². The van der Waals surface area contributed by atoms with Crippen LogP contribution in [0.5, 0.6) is 0 Å². The van der Waals surface area contributed by atoms with E-state index in [1.807, 2.05) is 11.8 Å². The second-order valence-corrected chi connectivity index (χ2v) is 6.06. The molecule has 0 amide bonds. The molecule has 2 N–H and O–H groups in total. The minimum atomic E-state index is -0.971. The normalized spacial score (nSPS) is 24.3. The molecule has 15 heavy (non-hydrogen) atoms. The van der Waals surface area contributed by atoms with Gasteiger partial charge in [0.25, 0.3) is 0 Å². The topological polar surface area (TPSA) is 66.0 Å². The van der Waals surface area contributed by atoms with Gasteiger partial charge in [-0.2, -0.15) is 16.9 Å². The van der Waals surface area contributed by atoms with Crippen LogP contribution in [0.4, 0.5) is 0 Å². The fraction of sp³-hybridized carbons (Fsp3) is 0.600. The number of carbonyl (C=O) groups is 1. The molecular weight excluding hydrogens is 212 g/mol. The van der Waals surface area contributed by atoms with Crippen LogP contribution in [-0.4, -0.2) is 31.8 Å². The van der Waals surface area contributed by atoms with Crippen LogP contribution in [-0.2, 0) is 0 Å². The van der Waals surface area contributed by atoms with Crippen molar-refractivity contribution in [3.8, 4) is 0 Å². The number of hydrogen-bond acceptors (Lipinski definition) is 3. The molecule has 1 aromatic rings. The highest BCUT2D eigenvalue weighted by molar-refractivity contribution is 8.00. The highest BCUT2D eigenvalue weighted by Crippen LogP contribution is 2.47. The molecule has 0 spiro atoms. The van der Waals surface area contributed by atoms with Crippen LogP contribution in [0.25, 0.3) is 0 Å². The van der Waals surface area contributed by atoms with E-state index in [2.05, 4.69) is 24.0 Å². The van der Waals surface area contributed by atoms with Gasteiger partial charge in [0, 0.05) is 16.4 Å². The smallest absolute Gasteiger partial charge is 0.356 e. The number of carboxylic acid groups (broad SMARTS) is 1. The Morgan fingerprint density at radius 2 is 2.47 bits per heavy atom. The number of aromatic amines is 1. The predicted molar refractivity (Wildman–Crippen MR) is 59.4 cm³/mol. The molecular formula is C10H14N2O2S. The molecule has 1 aromatic heterocycles. The summed E-state index contributed by atoms with van der Waals surface area (Å²) in [5.41, 5.74) is 1.06. The number of thioether (sulfide) groups is 1. The highest BCUT2D eigenvalue weighted by atomic mass is 32.2. The fourth-order valence-corrected chi connectivity index (χ4v) is 3.37. The van der Waals surface area contributed by atoms with Crippen molar-refractivity contribution in [2.24, 2.45) is 0 Å². The Hall–Kier alpha value is -0.970. The lowest BCUT2D eigenvalue weighted by atomic mass is 9.90. The third-order valence-corrected chi connectivity index (χ3v) is 4.38. The van der Waals surface area contributed by atoms with E-state index >= 15 is 0 Å². The van der Waals surface area contributed by atoms with Gasteiger partial charge in [0.2, 0.25) is 0 Å². The van der Waals surface area contributed by atoms with Crippen molar-refractivity contribution >= 4 is 17.7 Å². The molecule has 1 saturated heterocycles. The Morgan fingerprint density at radius 3 is 2.93 bits per heavy atom. The van der Waals surface area contributed by atoms with E-state index < -0.39 is 5.97 Å². The lowest BCUT2D eigenvalue weighted by molar-refractivity contribution is 0.0690. The van der Waals surface area contributed by atoms with E-state index in [-0.39, 0.29) is 10.4 Å². The number of hydrogen-bond donors (Lipinski definition) is 2. The Morgan fingerprint density at radius 1 is 1.73 bits per heavy atom. The van der Waals surface area contributed by atoms with Gasteiger partial charge in [0.15, 0.2) is 5.69 Å². The van der Waals surface area contributed by atoms with E-state index in [4.69, 9.17) is 5.11 Å². The standard InChI is InChI=1S/C10H14N2O2S/c1-10(2)6(3-4-15-10)7-5-8(9(13)14)12-11-7/h5-6H,3-4H2,1-2H3,(H,11,12)(H,13,14). The third kappa shape index (κ3) is 1.88. The number of aromatic carboxylic acids is 1. The maximum absolute atomic E-state index is 10.7. The van der Waals surface area contributed by atoms with E-state index in [9.17, 15) is 4.79 Å². The zero-order valence-electron chi connectivity index (χ0n) is 8.78. The molecule has 2 rings (SSSR count). The summed E-state index contributed by atoms with van der Waals surface area (Å²) in [6.45, 7) is 4.38. The molecule has 0 aliphatic carbocycles. The molecule has 1 atom stereocenters. The molecule has 0 aromatic carbocycles. The van der Waals surface area contributed by atoms with Crippen molar-refractivity contribution in [2.45, 2.75) is 30.9 Å². The fourth-order valence-electron chi connectivity index (χ4n) is 2.04. The van der Waals surface area contributed by atoms with E-state index in [0.717, 1.165) is 17.9 Å². The molecule has 2 heterocycles. The molecule has 0 saturated carbocycles. The average molecular weight is 226 g/mol. The van der Waals surface area contributed by atoms with Gasteiger partial charge in [0.05, 0.1) is 0 Å². The number of H-pyrrole nitrogens is 1. The van der Waals surface area contributed by atoms with Crippen molar-refractivity contribution in [2.75, 3.05) is 5.75 Å². The Bertz CT molecular complexity index is 387. The molecule has 1 fully saturated rings. The van der Waals surface area contributed by atoms with Crippen molar-refractivity contribution in [3.05, 3.63) is 17.5 Å². The number of rotatable bonds is 2. The summed E-state index contributed by atoms with van der Waals surface area (Å²) in [5, 5.41) is 15.4. The predicted octanol–water partition coefficient (Wildman–Crippen LogP) is 2.11. The van der Waals surface area contributed by atoms with Gasteiger partial charge in [-0.15, -0.1) is 0 Å². The van der Waals surface area contributed by atoms with E-state index in [1.54, 1.807) is 6.07 Å². The summed E-state index contributed by atoms with van der Waals surface area (Å²) < 4.78 is 0.169. The van der Waals surface area contributed by atoms with Crippen LogP contribution in [0.1, 0.15) is 42.4 Å². The molecule has 82 valence electrons. The van der Waals surface area contributed by atoms with E-state index in [0.29, 0.717) is 5.92 Å². The van der Waals surface area contributed by atoms with Crippen LogP contribution in [0.3, 0.4) is 0 Å². The maximum atomic E-state index is 10.7. The van der Waals surface area contributed by atoms with Crippen LogP contribution < -0.4 is 0 Å². The van der Waals surface area contributed by atoms with Gasteiger partial charge in [-0.1, -0.05) is 13.8 Å². The minimum Gasteiger partial charge on any atom is -0.476 e. The van der Waals surface area contributed by atoms with Crippen molar-refractivity contribution in [1.82, 2.24) is 10.2 Å². The van der Waals surface area contributed by atoms with Gasteiger partial charge >= 0.3 is 5.97 Å². The maximum Gasteiger partial charge on any atom is 0.356 e. The van der Waals surface area contributed by atoms with Gasteiger partial charge in [-0.25, -0.2) is 4.79 Å². The molecule has 4 nitrogen and oxygen atoms in total. The summed E-state index contributed by atoms with van der Waals surface area (Å²) in [6.07, 6.45) is 1.08. The molecule has 1 unspecified atom stereocenters. The lowest BCUT2D eigenvalue weighted by Gasteiger charge is -2.24. The van der Waals surface area contributed by atoms with Crippen LogP contribution in [0, 0.1) is 0 Å². The average Bonchev–Trinajstić information content (AvgIpc) is 2.69. The third-order valence-electron chi connectivity index (χ3n) is 2.91. The minimum absolute atomic E-state index is 0.109. The first kappa shape index (κ1) is 10.5. The lowest BCUT2D eigenvalue weighted by Crippen LogP contribution is -2.20. The SMILES string of the molecule is CC1(C)SCCC1c1cc(C(=O)O)n[nH]1. The summed E-state index contributed by atoms with van der Waals surface area (Å²) in [6, 6.07) is 1.65. The summed E-state index contributed by atoms with van der Waals surface area (Å²) in [4.78, 5) is 10.7. The largest absolute Gasteiger partial charge is 0.476 e. The Kier molecular flexibility index (Phi) is 2.50. The number of nitrogens with one attached hydrogen (secondary N) is 1. The molecule has 1 aliphatic heterocycles. The number of aromatic nitrogens is 2. The van der Waals surface area contributed by atoms with Gasteiger partial charge < -0.3 is 5.11 Å². The zero-order chi connectivity index (χ0) is 11.1. The number of nitrogens with zero attached hydrogens (tertiary/aromatic N) is 1. The zero-order valence-corrected chi connectivity index (χ0v) is 9.60. The van der Waals surface area contributed by atoms with Crippen LogP contribution in [0.15, 0.2) is 6.07 Å². The second kappa shape index (κ2) is 3.56. The first-order valence-corrected chi connectivity index (χ1v) is 5.92. The molecule has 0 radical (unpaired) electrons. The summed E-state index contributed by atoms with van der Waals surface area (Å²) in [5.74, 6) is 0.531. The van der Waals surface area contributed by atoms with Crippen molar-refractivity contribution in [3.63, 3.8) is 0 Å². The molecule has 1 aliphatic rings. The monoisotopic (exact) mass is 226 g/mol. The Balaban J connectivity index is 2.26. The quantitative estimate of drug-likeness (QED) is 0.810. The first-order valence-electron chi connectivity index (χ1n) is 4.93. The van der Waals surface area contributed by atoms with Gasteiger partial charge in [-0.3, -0.25) is 5.10 Å². The van der Waals surface area contributed by atoms with Gasteiger partial charge in [0.1, 0.15) is 0 Å². The molecule has 0 bridgehead atoms. The summed E-state index contributed by atoms with van der Waals surface area (Å²) in [7, 11) is 0. The van der Waals surface area contributed by atoms with Crippen LogP contribution in [0.2, 0.25) is 0 Å². The van der Waals surface area contributed by atoms with Crippen LogP contribution >= 0.6 is 11.8 Å². The Labute approximate surface area is 92.5 Å². The second-order valence-electron chi connectivity index (χ2n) is 4.31. The van der Waals surface area contributed by atoms with Crippen molar-refractivity contribution < 1.29 is 9.90 Å². The van der Waals surface area contributed by atoms with Crippen molar-refractivity contribution in [1.29, 1.82) is 0 Å².